The van der Waals surface area contributed by atoms with Gasteiger partial charge in [0.05, 0.1) is 23.5 Å². The lowest BCUT2D eigenvalue weighted by Crippen LogP contribution is -2.33. The Morgan fingerprint density at radius 2 is 2.23 bits per heavy atom. The average Bonchev–Trinajstić information content (AvgIpc) is 2.83. The fourth-order valence-electron chi connectivity index (χ4n) is 1.90. The van der Waals surface area contributed by atoms with Crippen LogP contribution in [0, 0.1) is 11.3 Å². The number of carbonyl (C=O) groups excluding carboxylic acids is 2. The minimum Gasteiger partial charge on any atom is -0.494 e. The van der Waals surface area contributed by atoms with Gasteiger partial charge in [-0.15, -0.1) is 0 Å². The van der Waals surface area contributed by atoms with Crippen LogP contribution < -0.4 is 10.1 Å². The first-order valence-corrected chi connectivity index (χ1v) is 7.68. The number of benzene rings is 1. The van der Waals surface area contributed by atoms with E-state index in [9.17, 15) is 9.59 Å². The van der Waals surface area contributed by atoms with Gasteiger partial charge in [-0.05, 0) is 31.2 Å². The monoisotopic (exact) mass is 317 g/mol. The number of hydrogen-bond donors (Lipinski definition) is 1. The molecule has 0 aromatic heterocycles. The first-order valence-electron chi connectivity index (χ1n) is 6.69. The van der Waals surface area contributed by atoms with Crippen LogP contribution in [0.4, 0.5) is 5.69 Å². The summed E-state index contributed by atoms with van der Waals surface area (Å²) in [7, 11) is 0. The molecule has 1 N–H and O–H groups in total. The molecule has 0 saturated carbocycles. The molecule has 6 nitrogen and oxygen atoms in total. The number of hydrogen-bond acceptors (Lipinski definition) is 5. The van der Waals surface area contributed by atoms with Gasteiger partial charge in [0.2, 0.25) is 11.8 Å². The van der Waals surface area contributed by atoms with Gasteiger partial charge < -0.3 is 10.1 Å². The van der Waals surface area contributed by atoms with E-state index in [0.717, 1.165) is 5.75 Å². The summed E-state index contributed by atoms with van der Waals surface area (Å²) in [5, 5.41) is 11.9. The molecule has 1 aliphatic heterocycles. The standard InChI is InChI=1S/C15H15N3O3S/c1-2-21-12-5-3-11(4-6-12)17-13(19)9-18-14(20)10-22-15(18)7-8-16/h3-7H,2,9-10H2,1H3,(H,17,19). The number of amides is 2. The second kappa shape index (κ2) is 7.52. The Morgan fingerprint density at radius 3 is 2.86 bits per heavy atom. The summed E-state index contributed by atoms with van der Waals surface area (Å²) in [4.78, 5) is 25.1. The normalized spacial score (nSPS) is 15.7. The highest BCUT2D eigenvalue weighted by atomic mass is 32.2. The van der Waals surface area contributed by atoms with Crippen LogP contribution in [0.2, 0.25) is 0 Å². The van der Waals surface area contributed by atoms with Crippen molar-refractivity contribution >= 4 is 29.3 Å². The summed E-state index contributed by atoms with van der Waals surface area (Å²) < 4.78 is 5.32. The molecule has 0 aliphatic carbocycles. The topological polar surface area (TPSA) is 82.4 Å². The first kappa shape index (κ1) is 15.9. The number of thioether (sulfide) groups is 1. The van der Waals surface area contributed by atoms with Crippen molar-refractivity contribution in [2.24, 2.45) is 0 Å². The van der Waals surface area contributed by atoms with Gasteiger partial charge in [0.25, 0.3) is 0 Å². The zero-order valence-corrected chi connectivity index (χ0v) is 12.9. The molecule has 114 valence electrons. The Bertz CT molecular complexity index is 634. The molecule has 2 amide bonds. The highest BCUT2D eigenvalue weighted by molar-refractivity contribution is 8.04. The van der Waals surface area contributed by atoms with Crippen molar-refractivity contribution in [3.8, 4) is 11.8 Å². The number of allylic oxidation sites excluding steroid dienone is 1. The largest absolute Gasteiger partial charge is 0.494 e. The number of nitrogens with one attached hydrogen (secondary N) is 1. The first-order chi connectivity index (χ1) is 10.6. The van der Waals surface area contributed by atoms with Crippen molar-refractivity contribution in [2.45, 2.75) is 6.92 Å². The quantitative estimate of drug-likeness (QED) is 0.840. The van der Waals surface area contributed by atoms with Gasteiger partial charge in [0, 0.05) is 11.8 Å². The molecule has 1 aromatic rings. The van der Waals surface area contributed by atoms with Gasteiger partial charge >= 0.3 is 0 Å². The van der Waals surface area contributed by atoms with Crippen LogP contribution >= 0.6 is 11.8 Å². The maximum Gasteiger partial charge on any atom is 0.244 e. The molecule has 0 atom stereocenters. The second-order valence-electron chi connectivity index (χ2n) is 4.39. The van der Waals surface area contributed by atoms with Crippen molar-refractivity contribution in [1.82, 2.24) is 4.90 Å². The Morgan fingerprint density at radius 1 is 1.50 bits per heavy atom. The molecule has 0 radical (unpaired) electrons. The van der Waals surface area contributed by atoms with Crippen LogP contribution in [-0.2, 0) is 9.59 Å². The van der Waals surface area contributed by atoms with Crippen LogP contribution in [0.5, 0.6) is 5.75 Å². The number of anilines is 1. The molecule has 0 unspecified atom stereocenters. The van der Waals surface area contributed by atoms with Gasteiger partial charge in [0.15, 0.2) is 0 Å². The summed E-state index contributed by atoms with van der Waals surface area (Å²) in [5.74, 6) is 0.493. The number of ether oxygens (including phenoxy) is 1. The third-order valence-electron chi connectivity index (χ3n) is 2.85. The zero-order chi connectivity index (χ0) is 15.9. The van der Waals surface area contributed by atoms with Gasteiger partial charge in [-0.3, -0.25) is 14.5 Å². The molecule has 0 bridgehead atoms. The molecule has 1 saturated heterocycles. The van der Waals surface area contributed by atoms with Crippen molar-refractivity contribution in [1.29, 1.82) is 5.26 Å². The lowest BCUT2D eigenvalue weighted by Gasteiger charge is -2.16. The molecule has 1 aliphatic rings. The van der Waals surface area contributed by atoms with Crippen molar-refractivity contribution < 1.29 is 14.3 Å². The van der Waals surface area contributed by atoms with Crippen molar-refractivity contribution in [3.63, 3.8) is 0 Å². The number of carbonyl (C=O) groups is 2. The van der Waals surface area contributed by atoms with Crippen LogP contribution in [0.25, 0.3) is 0 Å². The molecule has 7 heteroatoms. The maximum absolute atomic E-state index is 12.0. The molecule has 0 spiro atoms. The van der Waals surface area contributed by atoms with Crippen LogP contribution in [0.3, 0.4) is 0 Å². The van der Waals surface area contributed by atoms with E-state index in [-0.39, 0.29) is 24.1 Å². The van der Waals surface area contributed by atoms with E-state index in [1.54, 1.807) is 24.3 Å². The highest BCUT2D eigenvalue weighted by Gasteiger charge is 2.28. The van der Waals surface area contributed by atoms with E-state index >= 15 is 0 Å². The average molecular weight is 317 g/mol. The van der Waals surface area contributed by atoms with E-state index in [2.05, 4.69) is 5.32 Å². The Hall–Kier alpha value is -2.46. The third-order valence-corrected chi connectivity index (χ3v) is 3.87. The molecule has 1 fully saturated rings. The number of rotatable bonds is 5. The van der Waals surface area contributed by atoms with Gasteiger partial charge in [-0.2, -0.15) is 5.26 Å². The zero-order valence-electron chi connectivity index (χ0n) is 12.0. The molecular weight excluding hydrogens is 302 g/mol. The Labute approximate surface area is 132 Å². The van der Waals surface area contributed by atoms with E-state index < -0.39 is 0 Å². The summed E-state index contributed by atoms with van der Waals surface area (Å²) in [6.45, 7) is 2.37. The van der Waals surface area contributed by atoms with E-state index in [1.165, 1.54) is 22.7 Å². The minimum atomic E-state index is -0.316. The maximum atomic E-state index is 12.0. The smallest absolute Gasteiger partial charge is 0.244 e. The molecule has 1 heterocycles. The van der Waals surface area contributed by atoms with Crippen molar-refractivity contribution in [2.75, 3.05) is 24.2 Å². The minimum absolute atomic E-state index is 0.105. The molecule has 1 aromatic carbocycles. The van der Waals surface area contributed by atoms with Gasteiger partial charge in [0.1, 0.15) is 12.3 Å². The van der Waals surface area contributed by atoms with E-state index in [4.69, 9.17) is 10.00 Å². The van der Waals surface area contributed by atoms with E-state index in [1.807, 2.05) is 13.0 Å². The lowest BCUT2D eigenvalue weighted by molar-refractivity contribution is -0.129. The predicted octanol–water partition coefficient (Wildman–Crippen LogP) is 1.96. The fourth-order valence-corrected chi connectivity index (χ4v) is 2.79. The van der Waals surface area contributed by atoms with Gasteiger partial charge in [-0.25, -0.2) is 0 Å². The lowest BCUT2D eigenvalue weighted by atomic mass is 10.3. The third kappa shape index (κ3) is 4.02. The number of nitriles is 1. The summed E-state index contributed by atoms with van der Waals surface area (Å²) in [5.41, 5.74) is 0.624. The SMILES string of the molecule is CCOc1ccc(NC(=O)CN2C(=O)CSC2=CC#N)cc1. The second-order valence-corrected chi connectivity index (χ2v) is 5.38. The van der Waals surface area contributed by atoms with E-state index in [0.29, 0.717) is 17.3 Å². The predicted molar refractivity (Wildman–Crippen MR) is 84.1 cm³/mol. The van der Waals surface area contributed by atoms with Gasteiger partial charge in [-0.1, -0.05) is 11.8 Å². The number of nitrogens with zero attached hydrogens (tertiary/aromatic N) is 2. The Balaban J connectivity index is 1.96. The molecule has 22 heavy (non-hydrogen) atoms. The highest BCUT2D eigenvalue weighted by Crippen LogP contribution is 2.28. The summed E-state index contributed by atoms with van der Waals surface area (Å²) in [6.07, 6.45) is 1.28. The van der Waals surface area contributed by atoms with Crippen LogP contribution in [-0.4, -0.2) is 35.6 Å². The van der Waals surface area contributed by atoms with Crippen LogP contribution in [0.15, 0.2) is 35.4 Å². The summed E-state index contributed by atoms with van der Waals surface area (Å²) >= 11 is 1.26. The van der Waals surface area contributed by atoms with Crippen molar-refractivity contribution in [3.05, 3.63) is 35.4 Å². The summed E-state index contributed by atoms with van der Waals surface area (Å²) in [6, 6.07) is 8.86. The molecular formula is C15H15N3O3S. The fraction of sp³-hybridized carbons (Fsp3) is 0.267. The molecule has 2 rings (SSSR count). The van der Waals surface area contributed by atoms with Crippen LogP contribution in [0.1, 0.15) is 6.92 Å². The Kier molecular flexibility index (Phi) is 5.44.